The van der Waals surface area contributed by atoms with Gasteiger partial charge in [0.25, 0.3) is 10.2 Å². The number of amides is 1. The zero-order chi connectivity index (χ0) is 16.0. The lowest BCUT2D eigenvalue weighted by atomic mass is 10.2. The average molecular weight is 321 g/mol. The highest BCUT2D eigenvalue weighted by Gasteiger charge is 2.36. The Balaban J connectivity index is 2.87. The summed E-state index contributed by atoms with van der Waals surface area (Å²) < 4.78 is 27.4. The molecule has 1 rings (SSSR count). The molecule has 0 aromatic carbocycles. The van der Waals surface area contributed by atoms with Crippen LogP contribution in [0.3, 0.4) is 0 Å². The average Bonchev–Trinajstić information content (AvgIpc) is 2.43. The molecular formula is C12H23N3O5S. The fourth-order valence-electron chi connectivity index (χ4n) is 2.22. The molecule has 0 bridgehead atoms. The van der Waals surface area contributed by atoms with Crippen LogP contribution < -0.4 is 5.32 Å². The monoisotopic (exact) mass is 321 g/mol. The molecule has 1 saturated heterocycles. The number of carboxylic acids is 1. The zero-order valence-corrected chi connectivity index (χ0v) is 13.2. The Morgan fingerprint density at radius 3 is 2.33 bits per heavy atom. The molecule has 1 unspecified atom stereocenters. The van der Waals surface area contributed by atoms with Crippen LogP contribution in [0.25, 0.3) is 0 Å². The van der Waals surface area contributed by atoms with Crippen LogP contribution in [-0.4, -0.2) is 66.2 Å². The predicted octanol–water partition coefficient (Wildman–Crippen LogP) is -0.372. The van der Waals surface area contributed by atoms with Gasteiger partial charge in [-0.05, 0) is 19.8 Å². The number of carbonyl (C=O) groups is 2. The van der Waals surface area contributed by atoms with Gasteiger partial charge >= 0.3 is 5.97 Å². The molecule has 1 heterocycles. The molecule has 9 heteroatoms. The van der Waals surface area contributed by atoms with Gasteiger partial charge in [0.05, 0.1) is 0 Å². The lowest BCUT2D eigenvalue weighted by Crippen LogP contribution is -2.53. The first-order valence-electron chi connectivity index (χ1n) is 7.01. The number of nitrogens with one attached hydrogen (secondary N) is 1. The third-order valence-corrected chi connectivity index (χ3v) is 5.54. The van der Waals surface area contributed by atoms with Crippen LogP contribution in [0.1, 0.15) is 33.1 Å². The van der Waals surface area contributed by atoms with Gasteiger partial charge < -0.3 is 10.4 Å². The van der Waals surface area contributed by atoms with Crippen molar-refractivity contribution in [1.82, 2.24) is 13.9 Å². The molecule has 1 aliphatic heterocycles. The maximum Gasteiger partial charge on any atom is 0.321 e. The zero-order valence-electron chi connectivity index (χ0n) is 12.4. The highest BCUT2D eigenvalue weighted by molar-refractivity contribution is 7.86. The molecule has 21 heavy (non-hydrogen) atoms. The molecule has 0 saturated carbocycles. The van der Waals surface area contributed by atoms with E-state index >= 15 is 0 Å². The second-order valence-electron chi connectivity index (χ2n) is 5.08. The van der Waals surface area contributed by atoms with Crippen LogP contribution >= 0.6 is 0 Å². The van der Waals surface area contributed by atoms with Crippen molar-refractivity contribution in [1.29, 1.82) is 0 Å². The molecule has 0 radical (unpaired) electrons. The Morgan fingerprint density at radius 1 is 1.29 bits per heavy atom. The molecule has 1 aliphatic rings. The Kier molecular flexibility index (Phi) is 6.56. The molecule has 1 fully saturated rings. The molecule has 122 valence electrons. The van der Waals surface area contributed by atoms with Crippen LogP contribution in [0.4, 0.5) is 0 Å². The number of hydrogen-bond acceptors (Lipinski definition) is 4. The largest absolute Gasteiger partial charge is 0.480 e. The number of rotatable bonds is 7. The number of piperidine rings is 1. The molecular weight excluding hydrogens is 298 g/mol. The van der Waals surface area contributed by atoms with Crippen LogP contribution in [0.15, 0.2) is 0 Å². The van der Waals surface area contributed by atoms with E-state index < -0.39 is 22.2 Å². The van der Waals surface area contributed by atoms with Crippen molar-refractivity contribution in [3.05, 3.63) is 0 Å². The number of nitrogens with zero attached hydrogens (tertiary/aromatic N) is 2. The third-order valence-electron chi connectivity index (χ3n) is 3.43. The molecule has 8 nitrogen and oxygen atoms in total. The van der Waals surface area contributed by atoms with E-state index in [0.29, 0.717) is 13.1 Å². The van der Waals surface area contributed by atoms with Gasteiger partial charge in [-0.15, -0.1) is 0 Å². The van der Waals surface area contributed by atoms with E-state index in [-0.39, 0.29) is 19.0 Å². The van der Waals surface area contributed by atoms with Crippen LogP contribution in [0, 0.1) is 0 Å². The highest BCUT2D eigenvalue weighted by Crippen LogP contribution is 2.18. The van der Waals surface area contributed by atoms with E-state index in [2.05, 4.69) is 5.32 Å². The predicted molar refractivity (Wildman–Crippen MR) is 76.8 cm³/mol. The quantitative estimate of drug-likeness (QED) is 0.665. The summed E-state index contributed by atoms with van der Waals surface area (Å²) in [6.45, 7) is 3.49. The standard InChI is InChI=1S/C12H23N3O5S/c1-10(12(17)18)15(9-6-13-11(2)16)21(19,20)14-7-4-3-5-8-14/h10H,3-9H2,1-2H3,(H,13,16)(H,17,18). The second kappa shape index (κ2) is 7.71. The van der Waals surface area contributed by atoms with Gasteiger partial charge in [-0.3, -0.25) is 9.59 Å². The van der Waals surface area contributed by atoms with Gasteiger partial charge in [-0.1, -0.05) is 6.42 Å². The van der Waals surface area contributed by atoms with E-state index in [9.17, 15) is 18.0 Å². The maximum absolute atomic E-state index is 12.6. The van der Waals surface area contributed by atoms with Crippen LogP contribution in [-0.2, 0) is 19.8 Å². The first-order valence-corrected chi connectivity index (χ1v) is 8.40. The van der Waals surface area contributed by atoms with Crippen molar-refractivity contribution in [2.75, 3.05) is 26.2 Å². The van der Waals surface area contributed by atoms with Gasteiger partial charge in [0, 0.05) is 33.1 Å². The fraction of sp³-hybridized carbons (Fsp3) is 0.833. The van der Waals surface area contributed by atoms with Gasteiger partial charge in [0.1, 0.15) is 6.04 Å². The van der Waals surface area contributed by atoms with Gasteiger partial charge in [0.2, 0.25) is 5.91 Å². The molecule has 1 amide bonds. The summed E-state index contributed by atoms with van der Waals surface area (Å²) in [4.78, 5) is 22.0. The Bertz CT molecular complexity index is 473. The van der Waals surface area contributed by atoms with Gasteiger partial charge in [-0.2, -0.15) is 17.0 Å². The number of carbonyl (C=O) groups excluding carboxylic acids is 1. The summed E-state index contributed by atoms with van der Waals surface area (Å²) in [6, 6.07) is -1.18. The lowest BCUT2D eigenvalue weighted by Gasteiger charge is -2.33. The summed E-state index contributed by atoms with van der Waals surface area (Å²) in [5, 5.41) is 11.6. The van der Waals surface area contributed by atoms with Crippen molar-refractivity contribution >= 4 is 22.1 Å². The van der Waals surface area contributed by atoms with Crippen molar-refractivity contribution in [3.63, 3.8) is 0 Å². The smallest absolute Gasteiger partial charge is 0.321 e. The normalized spacial score (nSPS) is 18.4. The minimum absolute atomic E-state index is 0.0636. The molecule has 0 aliphatic carbocycles. The topological polar surface area (TPSA) is 107 Å². The van der Waals surface area contributed by atoms with Crippen molar-refractivity contribution < 1.29 is 23.1 Å². The summed E-state index contributed by atoms with van der Waals surface area (Å²) in [5.41, 5.74) is 0. The minimum atomic E-state index is -3.83. The van der Waals surface area contributed by atoms with Gasteiger partial charge in [-0.25, -0.2) is 0 Å². The van der Waals surface area contributed by atoms with Crippen molar-refractivity contribution in [3.8, 4) is 0 Å². The van der Waals surface area contributed by atoms with E-state index in [1.165, 1.54) is 18.2 Å². The summed E-state index contributed by atoms with van der Waals surface area (Å²) in [5.74, 6) is -1.49. The van der Waals surface area contributed by atoms with E-state index in [1.807, 2.05) is 0 Å². The van der Waals surface area contributed by atoms with Gasteiger partial charge in [0.15, 0.2) is 0 Å². The minimum Gasteiger partial charge on any atom is -0.480 e. The van der Waals surface area contributed by atoms with Crippen LogP contribution in [0.5, 0.6) is 0 Å². The first kappa shape index (κ1) is 17.9. The second-order valence-corrected chi connectivity index (χ2v) is 6.96. The van der Waals surface area contributed by atoms with E-state index in [0.717, 1.165) is 23.6 Å². The third kappa shape index (κ3) is 4.94. The van der Waals surface area contributed by atoms with E-state index in [1.54, 1.807) is 0 Å². The fourth-order valence-corrected chi connectivity index (χ4v) is 4.05. The molecule has 1 atom stereocenters. The number of hydrogen-bond donors (Lipinski definition) is 2. The maximum atomic E-state index is 12.6. The first-order chi connectivity index (χ1) is 9.76. The Hall–Kier alpha value is -1.19. The van der Waals surface area contributed by atoms with Crippen molar-refractivity contribution in [2.45, 2.75) is 39.2 Å². The molecule has 0 aromatic heterocycles. The molecule has 0 aromatic rings. The van der Waals surface area contributed by atoms with Crippen LogP contribution in [0.2, 0.25) is 0 Å². The van der Waals surface area contributed by atoms with Crippen molar-refractivity contribution in [2.24, 2.45) is 0 Å². The number of aliphatic carboxylic acids is 1. The Morgan fingerprint density at radius 2 is 1.86 bits per heavy atom. The summed E-state index contributed by atoms with van der Waals surface area (Å²) >= 11 is 0. The van der Waals surface area contributed by atoms with E-state index in [4.69, 9.17) is 5.11 Å². The summed E-state index contributed by atoms with van der Waals surface area (Å²) in [7, 11) is -3.83. The number of carboxylic acid groups (broad SMARTS) is 1. The lowest BCUT2D eigenvalue weighted by molar-refractivity contribution is -0.140. The molecule has 0 spiro atoms. The summed E-state index contributed by atoms with van der Waals surface area (Å²) in [6.07, 6.45) is 2.53. The Labute approximate surface area is 125 Å². The molecule has 2 N–H and O–H groups in total. The highest BCUT2D eigenvalue weighted by atomic mass is 32.2. The SMILES string of the molecule is CC(=O)NCCN(C(C)C(=O)O)S(=O)(=O)N1CCCCC1.